The number of carbonyl (C=O) groups is 1. The second-order valence-electron chi connectivity index (χ2n) is 6.77. The van der Waals surface area contributed by atoms with Gasteiger partial charge in [0.05, 0.1) is 11.4 Å². The third-order valence-corrected chi connectivity index (χ3v) is 5.69. The molecule has 1 heterocycles. The number of aromatic nitrogens is 1. The lowest BCUT2D eigenvalue weighted by atomic mass is 10.0. The maximum absolute atomic E-state index is 12.1. The molecule has 0 N–H and O–H groups in total. The summed E-state index contributed by atoms with van der Waals surface area (Å²) < 4.78 is 5.80. The predicted octanol–water partition coefficient (Wildman–Crippen LogP) is 5.34. The summed E-state index contributed by atoms with van der Waals surface area (Å²) in [4.78, 5) is 16.7. The van der Waals surface area contributed by atoms with Crippen molar-refractivity contribution in [3.63, 3.8) is 0 Å². The summed E-state index contributed by atoms with van der Waals surface area (Å²) in [7, 11) is 0. The molecule has 24 heavy (non-hydrogen) atoms. The van der Waals surface area contributed by atoms with E-state index in [4.69, 9.17) is 4.42 Å². The summed E-state index contributed by atoms with van der Waals surface area (Å²) >= 11 is 1.65. The molecule has 2 aromatic rings. The Morgan fingerprint density at radius 1 is 1.21 bits per heavy atom. The Morgan fingerprint density at radius 3 is 2.62 bits per heavy atom. The molecule has 1 saturated carbocycles. The zero-order valence-electron chi connectivity index (χ0n) is 14.5. The molecule has 1 aromatic heterocycles. The molecule has 0 unspecified atom stereocenters. The number of rotatable bonds is 7. The van der Waals surface area contributed by atoms with E-state index in [9.17, 15) is 4.79 Å². The number of hydrogen-bond acceptors (Lipinski definition) is 4. The highest BCUT2D eigenvalue weighted by molar-refractivity contribution is 7.99. The molecular formula is C20H25NO2S. The SMILES string of the molecule is Cc1ccc(-c2nc(CSCC(=O)CC3CCCC3)c(C)o2)cc1. The summed E-state index contributed by atoms with van der Waals surface area (Å²) in [5.74, 6) is 3.86. The molecule has 1 aromatic carbocycles. The minimum absolute atomic E-state index is 0.381. The van der Waals surface area contributed by atoms with Gasteiger partial charge in [-0.15, -0.1) is 11.8 Å². The van der Waals surface area contributed by atoms with E-state index in [2.05, 4.69) is 24.0 Å². The van der Waals surface area contributed by atoms with Gasteiger partial charge in [-0.3, -0.25) is 4.79 Å². The van der Waals surface area contributed by atoms with E-state index in [1.165, 1.54) is 31.2 Å². The molecule has 0 aliphatic heterocycles. The van der Waals surface area contributed by atoms with E-state index in [-0.39, 0.29) is 0 Å². The molecule has 0 saturated heterocycles. The fourth-order valence-corrected chi connectivity index (χ4v) is 4.15. The van der Waals surface area contributed by atoms with Crippen molar-refractivity contribution >= 4 is 17.5 Å². The molecule has 1 aliphatic rings. The third-order valence-electron chi connectivity index (χ3n) is 4.68. The van der Waals surface area contributed by atoms with E-state index >= 15 is 0 Å². The molecule has 0 spiro atoms. The first-order chi connectivity index (χ1) is 11.6. The smallest absolute Gasteiger partial charge is 0.226 e. The zero-order chi connectivity index (χ0) is 16.9. The number of benzene rings is 1. The van der Waals surface area contributed by atoms with E-state index < -0.39 is 0 Å². The van der Waals surface area contributed by atoms with Crippen molar-refractivity contribution in [1.82, 2.24) is 4.98 Å². The van der Waals surface area contributed by atoms with Crippen LogP contribution in [0.5, 0.6) is 0 Å². The molecule has 0 bridgehead atoms. The van der Waals surface area contributed by atoms with E-state index in [0.717, 1.165) is 29.2 Å². The molecular weight excluding hydrogens is 318 g/mol. The molecule has 1 fully saturated rings. The van der Waals surface area contributed by atoms with Gasteiger partial charge in [0.1, 0.15) is 11.5 Å². The minimum Gasteiger partial charge on any atom is -0.441 e. The lowest BCUT2D eigenvalue weighted by Gasteiger charge is -2.06. The number of ketones is 1. The Balaban J connectivity index is 1.52. The second kappa shape index (κ2) is 8.02. The Labute approximate surface area is 148 Å². The van der Waals surface area contributed by atoms with Gasteiger partial charge >= 0.3 is 0 Å². The molecule has 3 rings (SSSR count). The van der Waals surface area contributed by atoms with Gasteiger partial charge < -0.3 is 4.42 Å². The maximum atomic E-state index is 12.1. The average molecular weight is 343 g/mol. The van der Waals surface area contributed by atoms with Crippen LogP contribution in [0.15, 0.2) is 28.7 Å². The lowest BCUT2D eigenvalue weighted by Crippen LogP contribution is -2.08. The van der Waals surface area contributed by atoms with Crippen LogP contribution in [0.4, 0.5) is 0 Å². The van der Waals surface area contributed by atoms with E-state index in [1.54, 1.807) is 11.8 Å². The Bertz CT molecular complexity index is 684. The van der Waals surface area contributed by atoms with Crippen LogP contribution in [0.25, 0.3) is 11.5 Å². The van der Waals surface area contributed by atoms with Gasteiger partial charge in [0.15, 0.2) is 0 Å². The molecule has 1 aliphatic carbocycles. The average Bonchev–Trinajstić information content (AvgIpc) is 3.18. The summed E-state index contributed by atoms with van der Waals surface area (Å²) in [6, 6.07) is 8.18. The standard InChI is InChI=1S/C20H25NO2S/c1-14-7-9-17(10-8-14)20-21-19(15(2)23-20)13-24-12-18(22)11-16-5-3-4-6-16/h7-10,16H,3-6,11-13H2,1-2H3. The minimum atomic E-state index is 0.381. The highest BCUT2D eigenvalue weighted by Crippen LogP contribution is 2.29. The molecule has 3 nitrogen and oxygen atoms in total. The van der Waals surface area contributed by atoms with Gasteiger partial charge in [0, 0.05) is 17.7 Å². The third kappa shape index (κ3) is 4.50. The Kier molecular flexibility index (Phi) is 5.77. The van der Waals surface area contributed by atoms with Crippen molar-refractivity contribution in [3.8, 4) is 11.5 Å². The largest absolute Gasteiger partial charge is 0.441 e. The van der Waals surface area contributed by atoms with Crippen LogP contribution in [-0.2, 0) is 10.5 Å². The van der Waals surface area contributed by atoms with Crippen molar-refractivity contribution in [2.24, 2.45) is 5.92 Å². The molecule has 0 radical (unpaired) electrons. The molecule has 0 amide bonds. The Hall–Kier alpha value is -1.55. The first-order valence-electron chi connectivity index (χ1n) is 8.74. The van der Waals surface area contributed by atoms with Gasteiger partial charge in [0.2, 0.25) is 5.89 Å². The van der Waals surface area contributed by atoms with Gasteiger partial charge in [-0.25, -0.2) is 4.98 Å². The number of oxazole rings is 1. The number of hydrogen-bond donors (Lipinski definition) is 0. The first-order valence-corrected chi connectivity index (χ1v) is 9.90. The van der Waals surface area contributed by atoms with Crippen LogP contribution in [-0.4, -0.2) is 16.5 Å². The second-order valence-corrected chi connectivity index (χ2v) is 7.76. The van der Waals surface area contributed by atoms with Gasteiger partial charge in [-0.2, -0.15) is 0 Å². The quantitative estimate of drug-likeness (QED) is 0.680. The van der Waals surface area contributed by atoms with Crippen molar-refractivity contribution in [3.05, 3.63) is 41.3 Å². The van der Waals surface area contributed by atoms with Crippen LogP contribution in [0.1, 0.15) is 49.1 Å². The monoisotopic (exact) mass is 343 g/mol. The van der Waals surface area contributed by atoms with Crippen LogP contribution in [0.2, 0.25) is 0 Å². The van der Waals surface area contributed by atoms with Crippen molar-refractivity contribution in [2.45, 2.75) is 51.7 Å². The van der Waals surface area contributed by atoms with Gasteiger partial charge in [0.25, 0.3) is 0 Å². The fourth-order valence-electron chi connectivity index (χ4n) is 3.24. The zero-order valence-corrected chi connectivity index (χ0v) is 15.3. The van der Waals surface area contributed by atoms with Gasteiger partial charge in [-0.05, 0) is 31.9 Å². The van der Waals surface area contributed by atoms with Crippen LogP contribution >= 0.6 is 11.8 Å². The van der Waals surface area contributed by atoms with Crippen molar-refractivity contribution in [1.29, 1.82) is 0 Å². The fraction of sp³-hybridized carbons (Fsp3) is 0.500. The van der Waals surface area contributed by atoms with Crippen LogP contribution < -0.4 is 0 Å². The summed E-state index contributed by atoms with van der Waals surface area (Å²) in [5, 5.41) is 0. The van der Waals surface area contributed by atoms with E-state index in [0.29, 0.717) is 23.3 Å². The summed E-state index contributed by atoms with van der Waals surface area (Å²) in [5.41, 5.74) is 3.17. The van der Waals surface area contributed by atoms with Crippen LogP contribution in [0, 0.1) is 19.8 Å². The Morgan fingerprint density at radius 2 is 1.92 bits per heavy atom. The lowest BCUT2D eigenvalue weighted by molar-refractivity contribution is -0.117. The number of aryl methyl sites for hydroxylation is 2. The number of Topliss-reactive ketones (excluding diaryl/α,β-unsaturated/α-hetero) is 1. The van der Waals surface area contributed by atoms with Crippen molar-refractivity contribution < 1.29 is 9.21 Å². The topological polar surface area (TPSA) is 43.1 Å². The normalized spacial score (nSPS) is 15.1. The van der Waals surface area contributed by atoms with Crippen molar-refractivity contribution in [2.75, 3.05) is 5.75 Å². The predicted molar refractivity (Wildman–Crippen MR) is 99.2 cm³/mol. The van der Waals surface area contributed by atoms with E-state index in [1.807, 2.05) is 19.1 Å². The number of nitrogens with zero attached hydrogens (tertiary/aromatic N) is 1. The van der Waals surface area contributed by atoms with Gasteiger partial charge in [-0.1, -0.05) is 43.4 Å². The van der Waals surface area contributed by atoms with Crippen LogP contribution in [0.3, 0.4) is 0 Å². The highest BCUT2D eigenvalue weighted by Gasteiger charge is 2.18. The molecule has 0 atom stereocenters. The summed E-state index contributed by atoms with van der Waals surface area (Å²) in [6.45, 7) is 4.01. The molecule has 128 valence electrons. The summed E-state index contributed by atoms with van der Waals surface area (Å²) in [6.07, 6.45) is 5.83. The maximum Gasteiger partial charge on any atom is 0.226 e. The number of thioether (sulfide) groups is 1. The first kappa shape index (κ1) is 17.3. The highest BCUT2D eigenvalue weighted by atomic mass is 32.2. The molecule has 4 heteroatoms. The number of carbonyl (C=O) groups excluding carboxylic acids is 1.